The van der Waals surface area contributed by atoms with Crippen molar-refractivity contribution in [3.63, 3.8) is 0 Å². The van der Waals surface area contributed by atoms with Crippen molar-refractivity contribution in [2.45, 2.75) is 51.7 Å². The molecule has 0 atom stereocenters. The van der Waals surface area contributed by atoms with Crippen LogP contribution in [0.2, 0.25) is 0 Å². The summed E-state index contributed by atoms with van der Waals surface area (Å²) < 4.78 is 7.37. The van der Waals surface area contributed by atoms with Crippen molar-refractivity contribution in [1.82, 2.24) is 9.78 Å². The summed E-state index contributed by atoms with van der Waals surface area (Å²) in [6, 6.07) is 1.80. The minimum absolute atomic E-state index is 0.0938. The lowest BCUT2D eigenvalue weighted by molar-refractivity contribution is -0.0269. The quantitative estimate of drug-likeness (QED) is 0.772. The van der Waals surface area contributed by atoms with Crippen molar-refractivity contribution >= 4 is 5.78 Å². The summed E-state index contributed by atoms with van der Waals surface area (Å²) in [6.45, 7) is 4.94. The second-order valence-corrected chi connectivity index (χ2v) is 5.24. The minimum Gasteiger partial charge on any atom is -0.370 e. The molecule has 1 fully saturated rings. The van der Waals surface area contributed by atoms with Crippen LogP contribution < -0.4 is 0 Å². The lowest BCUT2D eigenvalue weighted by Gasteiger charge is -2.36. The topological polar surface area (TPSA) is 44.1 Å². The number of rotatable bonds is 4. The van der Waals surface area contributed by atoms with Crippen molar-refractivity contribution in [3.8, 4) is 0 Å². The third-order valence-electron chi connectivity index (χ3n) is 4.14. The van der Waals surface area contributed by atoms with Crippen molar-refractivity contribution < 1.29 is 9.53 Å². The number of carbonyl (C=O) groups is 1. The SMILES string of the molecule is CCn1nccc1C(=O)C1(OC)CCC(C)CC1. The van der Waals surface area contributed by atoms with Crippen molar-refractivity contribution in [2.24, 2.45) is 5.92 Å². The largest absolute Gasteiger partial charge is 0.370 e. The van der Waals surface area contributed by atoms with E-state index in [0.29, 0.717) is 18.2 Å². The molecule has 1 saturated carbocycles. The fourth-order valence-electron chi connectivity index (χ4n) is 2.76. The van der Waals surface area contributed by atoms with Crippen LogP contribution in [0.4, 0.5) is 0 Å². The molecule has 0 N–H and O–H groups in total. The Balaban J connectivity index is 2.25. The monoisotopic (exact) mass is 250 g/mol. The molecule has 0 unspecified atom stereocenters. The van der Waals surface area contributed by atoms with Gasteiger partial charge in [-0.05, 0) is 44.6 Å². The highest BCUT2D eigenvalue weighted by atomic mass is 16.5. The van der Waals surface area contributed by atoms with Crippen molar-refractivity contribution in [2.75, 3.05) is 7.11 Å². The van der Waals surface area contributed by atoms with E-state index in [-0.39, 0.29) is 5.78 Å². The van der Waals surface area contributed by atoms with Crippen LogP contribution in [-0.2, 0) is 11.3 Å². The third-order valence-corrected chi connectivity index (χ3v) is 4.14. The summed E-state index contributed by atoms with van der Waals surface area (Å²) in [6.07, 6.45) is 5.43. The van der Waals surface area contributed by atoms with E-state index >= 15 is 0 Å². The molecule has 0 amide bonds. The van der Waals surface area contributed by atoms with E-state index in [1.807, 2.05) is 6.92 Å². The smallest absolute Gasteiger partial charge is 0.212 e. The van der Waals surface area contributed by atoms with Gasteiger partial charge in [-0.25, -0.2) is 0 Å². The van der Waals surface area contributed by atoms with Gasteiger partial charge in [0.2, 0.25) is 5.78 Å². The van der Waals surface area contributed by atoms with Gasteiger partial charge in [0, 0.05) is 19.9 Å². The lowest BCUT2D eigenvalue weighted by atomic mass is 9.76. The fraction of sp³-hybridized carbons (Fsp3) is 0.714. The molecule has 4 nitrogen and oxygen atoms in total. The molecule has 1 heterocycles. The van der Waals surface area contributed by atoms with Crippen LogP contribution in [0.3, 0.4) is 0 Å². The van der Waals surface area contributed by atoms with E-state index in [1.54, 1.807) is 24.1 Å². The van der Waals surface area contributed by atoms with Gasteiger partial charge in [0.05, 0.1) is 0 Å². The molecular weight excluding hydrogens is 228 g/mol. The lowest BCUT2D eigenvalue weighted by Crippen LogP contribution is -2.44. The summed E-state index contributed by atoms with van der Waals surface area (Å²) in [4.78, 5) is 12.7. The van der Waals surface area contributed by atoms with Gasteiger partial charge in [0.25, 0.3) is 0 Å². The number of hydrogen-bond acceptors (Lipinski definition) is 3. The highest BCUT2D eigenvalue weighted by molar-refractivity contribution is 6.01. The summed E-state index contributed by atoms with van der Waals surface area (Å²) in [5, 5.41) is 4.17. The average Bonchev–Trinajstić information content (AvgIpc) is 2.87. The van der Waals surface area contributed by atoms with E-state index in [0.717, 1.165) is 25.7 Å². The molecule has 18 heavy (non-hydrogen) atoms. The Kier molecular flexibility index (Phi) is 3.85. The second-order valence-electron chi connectivity index (χ2n) is 5.24. The number of hydrogen-bond donors (Lipinski definition) is 0. The van der Waals surface area contributed by atoms with Gasteiger partial charge >= 0.3 is 0 Å². The van der Waals surface area contributed by atoms with Crippen LogP contribution >= 0.6 is 0 Å². The minimum atomic E-state index is -0.626. The standard InChI is InChI=1S/C14H22N2O2/c1-4-16-12(7-10-15-16)13(17)14(18-3)8-5-11(2)6-9-14/h7,10-11H,4-6,8-9H2,1-3H3. The summed E-state index contributed by atoms with van der Waals surface area (Å²) in [5.74, 6) is 0.786. The maximum absolute atomic E-state index is 12.7. The van der Waals surface area contributed by atoms with E-state index in [9.17, 15) is 4.79 Å². The third kappa shape index (κ3) is 2.21. The normalized spacial score (nSPS) is 28.3. The Hall–Kier alpha value is -1.16. The van der Waals surface area contributed by atoms with Crippen LogP contribution in [0.25, 0.3) is 0 Å². The first kappa shape index (κ1) is 13.3. The molecule has 2 rings (SSSR count). The zero-order chi connectivity index (χ0) is 13.2. The second kappa shape index (κ2) is 5.22. The maximum atomic E-state index is 12.7. The zero-order valence-electron chi connectivity index (χ0n) is 11.5. The molecule has 1 aliphatic rings. The van der Waals surface area contributed by atoms with Gasteiger partial charge in [-0.1, -0.05) is 6.92 Å². The fourth-order valence-corrected chi connectivity index (χ4v) is 2.76. The van der Waals surface area contributed by atoms with Crippen LogP contribution in [0.1, 0.15) is 50.0 Å². The van der Waals surface area contributed by atoms with Crippen LogP contribution in [-0.4, -0.2) is 28.3 Å². The van der Waals surface area contributed by atoms with Gasteiger partial charge in [-0.2, -0.15) is 5.10 Å². The molecule has 4 heteroatoms. The van der Waals surface area contributed by atoms with Gasteiger partial charge in [-0.3, -0.25) is 9.48 Å². The van der Waals surface area contributed by atoms with E-state index in [2.05, 4.69) is 12.0 Å². The highest BCUT2D eigenvalue weighted by Gasteiger charge is 2.42. The van der Waals surface area contributed by atoms with Crippen LogP contribution in [0, 0.1) is 5.92 Å². The molecule has 1 aromatic rings. The number of ether oxygens (including phenoxy) is 1. The number of Topliss-reactive ketones (excluding diaryl/α,β-unsaturated/α-hetero) is 1. The van der Waals surface area contributed by atoms with Crippen LogP contribution in [0.15, 0.2) is 12.3 Å². The molecule has 1 aliphatic carbocycles. The van der Waals surface area contributed by atoms with Crippen molar-refractivity contribution in [3.05, 3.63) is 18.0 Å². The van der Waals surface area contributed by atoms with Crippen LogP contribution in [0.5, 0.6) is 0 Å². The molecule has 0 bridgehead atoms. The summed E-state index contributed by atoms with van der Waals surface area (Å²) >= 11 is 0. The predicted molar refractivity (Wildman–Crippen MR) is 69.6 cm³/mol. The Bertz CT molecular complexity index is 417. The number of carbonyl (C=O) groups excluding carboxylic acids is 1. The Morgan fingerprint density at radius 1 is 1.56 bits per heavy atom. The first-order chi connectivity index (χ1) is 8.63. The Morgan fingerprint density at radius 3 is 2.78 bits per heavy atom. The van der Waals surface area contributed by atoms with E-state index in [4.69, 9.17) is 4.74 Å². The van der Waals surface area contributed by atoms with Gasteiger partial charge in [0.15, 0.2) is 0 Å². The van der Waals surface area contributed by atoms with E-state index < -0.39 is 5.60 Å². The van der Waals surface area contributed by atoms with E-state index in [1.165, 1.54) is 0 Å². The number of aromatic nitrogens is 2. The number of aryl methyl sites for hydroxylation is 1. The predicted octanol–water partition coefficient (Wildman–Crippen LogP) is 2.68. The molecule has 0 spiro atoms. The maximum Gasteiger partial charge on any atom is 0.212 e. The number of methoxy groups -OCH3 is 1. The molecule has 0 saturated heterocycles. The molecule has 1 aromatic heterocycles. The molecule has 0 aromatic carbocycles. The van der Waals surface area contributed by atoms with Gasteiger partial charge < -0.3 is 4.74 Å². The highest BCUT2D eigenvalue weighted by Crippen LogP contribution is 2.36. The summed E-state index contributed by atoms with van der Waals surface area (Å²) in [5.41, 5.74) is 0.0494. The number of nitrogens with zero attached hydrogens (tertiary/aromatic N) is 2. The Labute approximate surface area is 108 Å². The first-order valence-corrected chi connectivity index (χ1v) is 6.74. The molecule has 100 valence electrons. The molecule has 0 aliphatic heterocycles. The zero-order valence-corrected chi connectivity index (χ0v) is 11.5. The number of ketones is 1. The Morgan fingerprint density at radius 2 is 2.22 bits per heavy atom. The van der Waals surface area contributed by atoms with Gasteiger partial charge in [-0.15, -0.1) is 0 Å². The first-order valence-electron chi connectivity index (χ1n) is 6.74. The summed E-state index contributed by atoms with van der Waals surface area (Å²) in [7, 11) is 1.65. The molecular formula is C14H22N2O2. The van der Waals surface area contributed by atoms with Crippen molar-refractivity contribution in [1.29, 1.82) is 0 Å². The molecule has 0 radical (unpaired) electrons. The van der Waals surface area contributed by atoms with Gasteiger partial charge in [0.1, 0.15) is 11.3 Å². The average molecular weight is 250 g/mol.